The van der Waals surface area contributed by atoms with E-state index in [1.165, 1.54) is 12.1 Å². The van der Waals surface area contributed by atoms with Crippen LogP contribution in [0, 0.1) is 5.92 Å². The van der Waals surface area contributed by atoms with Crippen LogP contribution >= 0.6 is 0 Å². The van der Waals surface area contributed by atoms with Gasteiger partial charge in [0.05, 0.1) is 32.3 Å². The SMILES string of the molecule is CC(C)C[C@H](NC(=O)[C@H](Cc1ccccc1)NC(=O)CNC(=O)CNC(=O)[C@H](Cc1ccc(O)cc1)NC[C@@]1(O)OC[C@@H](O)[C@H](O)[C@@H]1O)C(=O)O. The Bertz CT molecular complexity index is 1480. The molecular formula is C34H47N5O12. The van der Waals surface area contributed by atoms with Gasteiger partial charge in [0.25, 0.3) is 0 Å². The molecule has 0 radical (unpaired) electrons. The van der Waals surface area contributed by atoms with Crippen LogP contribution in [-0.4, -0.2) is 129 Å². The van der Waals surface area contributed by atoms with Crippen LogP contribution in [0.25, 0.3) is 0 Å². The Morgan fingerprint density at radius 3 is 2.04 bits per heavy atom. The molecule has 0 spiro atoms. The third-order valence-electron chi connectivity index (χ3n) is 8.10. The maximum Gasteiger partial charge on any atom is 0.326 e. The molecule has 280 valence electrons. The third-order valence-corrected chi connectivity index (χ3v) is 8.10. The van der Waals surface area contributed by atoms with Crippen molar-refractivity contribution in [2.45, 2.75) is 75.3 Å². The number of carbonyl (C=O) groups excluding carboxylic acids is 4. The molecule has 2 aromatic carbocycles. The van der Waals surface area contributed by atoms with Crippen molar-refractivity contribution < 1.29 is 59.3 Å². The number of amides is 4. The van der Waals surface area contributed by atoms with Crippen molar-refractivity contribution in [3.8, 4) is 5.75 Å². The van der Waals surface area contributed by atoms with Gasteiger partial charge in [0.15, 0.2) is 0 Å². The number of nitrogens with one attached hydrogen (secondary N) is 5. The molecule has 7 atom stereocenters. The number of aliphatic hydroxyl groups excluding tert-OH is 3. The highest BCUT2D eigenvalue weighted by molar-refractivity contribution is 5.93. The molecule has 2 aromatic rings. The molecule has 0 aliphatic carbocycles. The highest BCUT2D eigenvalue weighted by atomic mass is 16.6. The molecule has 3 rings (SSSR count). The first-order valence-electron chi connectivity index (χ1n) is 16.4. The predicted octanol–water partition coefficient (Wildman–Crippen LogP) is -2.73. The summed E-state index contributed by atoms with van der Waals surface area (Å²) in [7, 11) is 0. The quantitative estimate of drug-likeness (QED) is 0.0749. The predicted molar refractivity (Wildman–Crippen MR) is 180 cm³/mol. The molecule has 1 saturated heterocycles. The maximum absolute atomic E-state index is 13.2. The average Bonchev–Trinajstić information content (AvgIpc) is 3.09. The number of carboxylic acids is 1. The molecule has 1 aliphatic rings. The lowest BCUT2D eigenvalue weighted by Crippen LogP contribution is -2.65. The van der Waals surface area contributed by atoms with E-state index in [0.717, 1.165) is 0 Å². The first kappa shape index (κ1) is 40.8. The molecule has 11 N–H and O–H groups in total. The fraction of sp³-hybridized carbons (Fsp3) is 0.500. The minimum atomic E-state index is -2.37. The Balaban J connectivity index is 1.59. The number of aliphatic hydroxyl groups is 4. The van der Waals surface area contributed by atoms with Crippen molar-refractivity contribution in [3.63, 3.8) is 0 Å². The van der Waals surface area contributed by atoms with Crippen molar-refractivity contribution >= 4 is 29.6 Å². The van der Waals surface area contributed by atoms with Gasteiger partial charge in [0, 0.05) is 6.42 Å². The second kappa shape index (κ2) is 19.1. The number of rotatable bonds is 18. The lowest BCUT2D eigenvalue weighted by molar-refractivity contribution is -0.318. The minimum absolute atomic E-state index is 0.0156. The van der Waals surface area contributed by atoms with Gasteiger partial charge in [-0.15, -0.1) is 0 Å². The van der Waals surface area contributed by atoms with E-state index in [0.29, 0.717) is 11.1 Å². The highest BCUT2D eigenvalue weighted by Crippen LogP contribution is 2.24. The zero-order valence-corrected chi connectivity index (χ0v) is 28.3. The Morgan fingerprint density at radius 2 is 1.41 bits per heavy atom. The van der Waals surface area contributed by atoms with Crippen molar-refractivity contribution in [1.29, 1.82) is 0 Å². The summed E-state index contributed by atoms with van der Waals surface area (Å²) in [5.74, 6) is -6.59. The van der Waals surface area contributed by atoms with E-state index >= 15 is 0 Å². The second-order valence-electron chi connectivity index (χ2n) is 12.8. The van der Waals surface area contributed by atoms with E-state index in [9.17, 15) is 54.6 Å². The second-order valence-corrected chi connectivity index (χ2v) is 12.8. The standard InChI is InChI=1S/C34H47N5O12/c1-19(2)12-25(33(48)49)39-32(47)24(14-20-6-4-3-5-7-20)38-28(43)16-35-27(42)15-36-31(46)23(13-21-8-10-22(40)11-9-21)37-18-34(50)30(45)29(44)26(41)17-51-34/h3-11,19,23-26,29-30,37,40-41,44-45,50H,12-18H2,1-2H3,(H,35,42)(H,36,46)(H,38,43)(H,39,47)(H,48,49)/t23-,24-,25-,26+,29-,30-,34+/m0/s1. The van der Waals surface area contributed by atoms with Gasteiger partial charge in [0.2, 0.25) is 29.4 Å². The zero-order valence-electron chi connectivity index (χ0n) is 28.3. The molecule has 0 aromatic heterocycles. The molecule has 17 heteroatoms. The van der Waals surface area contributed by atoms with Gasteiger partial charge in [-0.1, -0.05) is 56.3 Å². The number of phenolic OH excluding ortho intramolecular Hbond substituents is 1. The Morgan fingerprint density at radius 1 is 0.804 bits per heavy atom. The van der Waals surface area contributed by atoms with Gasteiger partial charge < -0.3 is 62.0 Å². The number of carbonyl (C=O) groups is 5. The van der Waals surface area contributed by atoms with Crippen molar-refractivity contribution in [2.75, 3.05) is 26.2 Å². The molecule has 0 unspecified atom stereocenters. The largest absolute Gasteiger partial charge is 0.508 e. The van der Waals surface area contributed by atoms with E-state index in [2.05, 4.69) is 26.6 Å². The smallest absolute Gasteiger partial charge is 0.326 e. The monoisotopic (exact) mass is 717 g/mol. The lowest BCUT2D eigenvalue weighted by atomic mass is 9.96. The maximum atomic E-state index is 13.2. The van der Waals surface area contributed by atoms with Crippen molar-refractivity contribution in [1.82, 2.24) is 26.6 Å². The lowest BCUT2D eigenvalue weighted by Gasteiger charge is -2.42. The number of phenols is 1. The summed E-state index contributed by atoms with van der Waals surface area (Å²) >= 11 is 0. The minimum Gasteiger partial charge on any atom is -0.508 e. The van der Waals surface area contributed by atoms with Gasteiger partial charge in [-0.2, -0.15) is 0 Å². The van der Waals surface area contributed by atoms with Gasteiger partial charge in [-0.3, -0.25) is 19.2 Å². The van der Waals surface area contributed by atoms with E-state index in [-0.39, 0.29) is 30.9 Å². The molecule has 1 heterocycles. The molecule has 17 nitrogen and oxygen atoms in total. The van der Waals surface area contributed by atoms with Crippen LogP contribution in [0.15, 0.2) is 54.6 Å². The fourth-order valence-electron chi connectivity index (χ4n) is 5.24. The summed E-state index contributed by atoms with van der Waals surface area (Å²) in [4.78, 5) is 63.5. The normalized spacial score (nSPS) is 21.9. The van der Waals surface area contributed by atoms with Gasteiger partial charge in [-0.25, -0.2) is 4.79 Å². The first-order valence-corrected chi connectivity index (χ1v) is 16.4. The molecule has 1 fully saturated rings. The summed E-state index contributed by atoms with van der Waals surface area (Å²) in [6.45, 7) is 1.40. The van der Waals surface area contributed by atoms with E-state index in [1.807, 2.05) is 13.8 Å². The van der Waals surface area contributed by atoms with E-state index < -0.39 is 98.1 Å². The summed E-state index contributed by atoms with van der Waals surface area (Å²) in [6.07, 6.45) is -4.88. The summed E-state index contributed by atoms with van der Waals surface area (Å²) < 4.78 is 5.14. The Labute approximate surface area is 294 Å². The number of carboxylic acid groups (broad SMARTS) is 1. The number of aliphatic carboxylic acids is 1. The third kappa shape index (κ3) is 12.9. The number of aromatic hydroxyl groups is 1. The molecule has 4 amide bonds. The summed E-state index contributed by atoms with van der Waals surface area (Å²) in [6, 6.07) is 11.1. The highest BCUT2D eigenvalue weighted by Gasteiger charge is 2.48. The van der Waals surface area contributed by atoms with E-state index in [4.69, 9.17) is 4.74 Å². The van der Waals surface area contributed by atoms with Crippen molar-refractivity contribution in [2.24, 2.45) is 5.92 Å². The Hall–Kier alpha value is -4.65. The Kier molecular flexibility index (Phi) is 15.3. The molecule has 51 heavy (non-hydrogen) atoms. The van der Waals surface area contributed by atoms with Crippen LogP contribution in [0.5, 0.6) is 5.75 Å². The van der Waals surface area contributed by atoms with E-state index in [1.54, 1.807) is 42.5 Å². The number of benzene rings is 2. The zero-order chi connectivity index (χ0) is 37.7. The first-order chi connectivity index (χ1) is 24.1. The number of ether oxygens (including phenoxy) is 1. The topological polar surface area (TPSA) is 276 Å². The molecular weight excluding hydrogens is 670 g/mol. The van der Waals surface area contributed by atoms with Crippen LogP contribution in [0.4, 0.5) is 0 Å². The van der Waals surface area contributed by atoms with Crippen LogP contribution in [-0.2, 0) is 41.6 Å². The number of hydrogen-bond donors (Lipinski definition) is 11. The molecule has 0 bridgehead atoms. The fourth-order valence-corrected chi connectivity index (χ4v) is 5.24. The molecule has 1 aliphatic heterocycles. The van der Waals surface area contributed by atoms with Gasteiger partial charge in [-0.05, 0) is 42.0 Å². The molecule has 0 saturated carbocycles. The van der Waals surface area contributed by atoms with Crippen LogP contribution < -0.4 is 26.6 Å². The van der Waals surface area contributed by atoms with Crippen LogP contribution in [0.3, 0.4) is 0 Å². The van der Waals surface area contributed by atoms with Gasteiger partial charge >= 0.3 is 5.97 Å². The van der Waals surface area contributed by atoms with Gasteiger partial charge in [0.1, 0.15) is 36.1 Å². The average molecular weight is 718 g/mol. The number of hydrogen-bond acceptors (Lipinski definition) is 12. The van der Waals surface area contributed by atoms with Crippen LogP contribution in [0.1, 0.15) is 31.4 Å². The van der Waals surface area contributed by atoms with Crippen LogP contribution in [0.2, 0.25) is 0 Å². The summed E-state index contributed by atoms with van der Waals surface area (Å²) in [5, 5.41) is 72.4. The van der Waals surface area contributed by atoms with Crippen molar-refractivity contribution in [3.05, 3.63) is 65.7 Å². The summed E-state index contributed by atoms with van der Waals surface area (Å²) in [5.41, 5.74) is 1.27.